The van der Waals surface area contributed by atoms with Crippen molar-refractivity contribution >= 4 is 17.4 Å². The Hall–Kier alpha value is -2.58. The fourth-order valence-electron chi connectivity index (χ4n) is 3.03. The van der Waals surface area contributed by atoms with E-state index in [1.54, 1.807) is 18.4 Å². The van der Waals surface area contributed by atoms with Gasteiger partial charge in [-0.2, -0.15) is 0 Å². The summed E-state index contributed by atoms with van der Waals surface area (Å²) in [5.74, 6) is 0.401. The van der Waals surface area contributed by atoms with Crippen LogP contribution in [0, 0.1) is 5.82 Å². The van der Waals surface area contributed by atoms with Crippen LogP contribution in [0.2, 0.25) is 0 Å². The summed E-state index contributed by atoms with van der Waals surface area (Å²) in [6, 6.07) is 7.90. The number of carbonyl (C=O) groups is 1. The van der Waals surface area contributed by atoms with E-state index in [0.29, 0.717) is 44.2 Å². The molecule has 1 unspecified atom stereocenters. The number of likely N-dealkylation sites (N-methyl/N-ethyl adjacent to an activating group) is 1. The van der Waals surface area contributed by atoms with E-state index in [4.69, 9.17) is 9.15 Å². The van der Waals surface area contributed by atoms with Crippen LogP contribution in [-0.4, -0.2) is 57.9 Å². The highest BCUT2D eigenvalue weighted by molar-refractivity contribution is 5.89. The summed E-state index contributed by atoms with van der Waals surface area (Å²) in [5, 5.41) is 5.47. The maximum absolute atomic E-state index is 14.4. The zero-order valence-electron chi connectivity index (χ0n) is 15.6. The van der Waals surface area contributed by atoms with Gasteiger partial charge in [0.1, 0.15) is 11.6 Å². The third-order valence-corrected chi connectivity index (χ3v) is 4.51. The molecular weight excluding hydrogens is 351 g/mol. The molecule has 0 radical (unpaired) electrons. The summed E-state index contributed by atoms with van der Waals surface area (Å²) in [4.78, 5) is 16.1. The fourth-order valence-corrected chi connectivity index (χ4v) is 3.03. The summed E-state index contributed by atoms with van der Waals surface area (Å²) in [6.45, 7) is 2.85. The Bertz CT molecular complexity index is 745. The van der Waals surface area contributed by atoms with Crippen molar-refractivity contribution in [1.29, 1.82) is 0 Å². The molecule has 0 spiro atoms. The van der Waals surface area contributed by atoms with Gasteiger partial charge in [-0.3, -0.25) is 4.90 Å². The van der Waals surface area contributed by atoms with Gasteiger partial charge in [-0.1, -0.05) is 0 Å². The Morgan fingerprint density at radius 3 is 2.70 bits per heavy atom. The van der Waals surface area contributed by atoms with Gasteiger partial charge in [-0.05, 0) is 44.4 Å². The topological polar surface area (TPSA) is 70.0 Å². The van der Waals surface area contributed by atoms with Crippen molar-refractivity contribution in [3.8, 4) is 0 Å². The van der Waals surface area contributed by atoms with Crippen molar-refractivity contribution < 1.29 is 18.3 Å². The number of rotatable bonds is 6. The molecule has 1 aliphatic rings. The Labute approximate surface area is 158 Å². The van der Waals surface area contributed by atoms with Crippen molar-refractivity contribution in [1.82, 2.24) is 10.2 Å². The highest BCUT2D eigenvalue weighted by atomic mass is 19.1. The van der Waals surface area contributed by atoms with E-state index in [-0.39, 0.29) is 11.9 Å². The molecule has 2 aromatic rings. The van der Waals surface area contributed by atoms with Crippen LogP contribution in [0.5, 0.6) is 0 Å². The van der Waals surface area contributed by atoms with E-state index in [9.17, 15) is 9.18 Å². The molecule has 3 rings (SSSR count). The molecular formula is C19H25FN4O3. The number of benzene rings is 1. The van der Waals surface area contributed by atoms with Crippen LogP contribution in [0.1, 0.15) is 11.8 Å². The maximum Gasteiger partial charge on any atom is 0.319 e. The lowest BCUT2D eigenvalue weighted by atomic mass is 10.2. The quantitative estimate of drug-likeness (QED) is 0.811. The Balaban J connectivity index is 1.56. The van der Waals surface area contributed by atoms with Crippen LogP contribution in [-0.2, 0) is 4.74 Å². The Kier molecular flexibility index (Phi) is 6.31. The number of urea groups is 1. The lowest BCUT2D eigenvalue weighted by Crippen LogP contribution is -2.37. The van der Waals surface area contributed by atoms with E-state index in [2.05, 4.69) is 10.6 Å². The summed E-state index contributed by atoms with van der Waals surface area (Å²) >= 11 is 0. The number of morpholine rings is 1. The molecule has 146 valence electrons. The van der Waals surface area contributed by atoms with Gasteiger partial charge in [-0.15, -0.1) is 0 Å². The van der Waals surface area contributed by atoms with Gasteiger partial charge >= 0.3 is 6.03 Å². The Morgan fingerprint density at radius 2 is 2.07 bits per heavy atom. The lowest BCUT2D eigenvalue weighted by Gasteiger charge is -2.29. The van der Waals surface area contributed by atoms with E-state index in [1.165, 1.54) is 6.07 Å². The second-order valence-electron chi connectivity index (χ2n) is 6.60. The first-order chi connectivity index (χ1) is 13.0. The highest BCUT2D eigenvalue weighted by Gasteiger charge is 2.19. The number of amides is 2. The smallest absolute Gasteiger partial charge is 0.319 e. The lowest BCUT2D eigenvalue weighted by molar-refractivity contribution is 0.122. The molecule has 8 heteroatoms. The number of carbonyl (C=O) groups excluding carboxylic acids is 1. The number of halogens is 1. The van der Waals surface area contributed by atoms with Gasteiger partial charge in [0.15, 0.2) is 0 Å². The molecule has 1 aliphatic heterocycles. The molecule has 2 N–H and O–H groups in total. The molecule has 2 amide bonds. The maximum atomic E-state index is 14.4. The van der Waals surface area contributed by atoms with Crippen LogP contribution < -0.4 is 15.5 Å². The van der Waals surface area contributed by atoms with Crippen LogP contribution in [0.4, 0.5) is 20.6 Å². The average Bonchev–Trinajstić information content (AvgIpc) is 3.17. The molecule has 0 saturated carbocycles. The summed E-state index contributed by atoms with van der Waals surface area (Å²) < 4.78 is 25.1. The molecule has 1 fully saturated rings. The molecule has 1 atom stereocenters. The second kappa shape index (κ2) is 8.88. The van der Waals surface area contributed by atoms with Crippen LogP contribution >= 0.6 is 0 Å². The SMILES string of the molecule is CN(C)C(CNC(=O)Nc1ccc(N2CCOCC2)c(F)c1)c1ccco1. The monoisotopic (exact) mass is 376 g/mol. The van der Waals surface area contributed by atoms with Crippen molar-refractivity contribution in [3.63, 3.8) is 0 Å². The predicted octanol–water partition coefficient (Wildman–Crippen LogP) is 2.68. The van der Waals surface area contributed by atoms with E-state index in [1.807, 2.05) is 36.0 Å². The Morgan fingerprint density at radius 1 is 1.30 bits per heavy atom. The normalized spacial score (nSPS) is 15.6. The summed E-state index contributed by atoms with van der Waals surface area (Å²) in [7, 11) is 3.82. The molecule has 2 heterocycles. The number of anilines is 2. The number of nitrogens with one attached hydrogen (secondary N) is 2. The van der Waals surface area contributed by atoms with Crippen LogP contribution in [0.3, 0.4) is 0 Å². The van der Waals surface area contributed by atoms with Crippen LogP contribution in [0.25, 0.3) is 0 Å². The molecule has 0 bridgehead atoms. The highest BCUT2D eigenvalue weighted by Crippen LogP contribution is 2.24. The standard InChI is InChI=1S/C19H25FN4O3/c1-23(2)17(18-4-3-9-27-18)13-21-19(25)22-14-5-6-16(15(20)12-14)24-7-10-26-11-8-24/h3-6,9,12,17H,7-8,10-11,13H2,1-2H3,(H2,21,22,25). The van der Waals surface area contributed by atoms with Crippen molar-refractivity contribution in [2.24, 2.45) is 0 Å². The zero-order valence-corrected chi connectivity index (χ0v) is 15.6. The number of furan rings is 1. The first-order valence-corrected chi connectivity index (χ1v) is 8.91. The van der Waals surface area contributed by atoms with Crippen LogP contribution in [0.15, 0.2) is 41.0 Å². The molecule has 1 saturated heterocycles. The first-order valence-electron chi connectivity index (χ1n) is 8.91. The average molecular weight is 376 g/mol. The van der Waals surface area contributed by atoms with E-state index < -0.39 is 6.03 Å². The molecule has 1 aromatic carbocycles. The molecule has 27 heavy (non-hydrogen) atoms. The van der Waals surface area contributed by atoms with Crippen molar-refractivity contribution in [2.45, 2.75) is 6.04 Å². The molecule has 0 aliphatic carbocycles. The number of hydrogen-bond acceptors (Lipinski definition) is 5. The minimum absolute atomic E-state index is 0.0915. The number of ether oxygens (including phenoxy) is 1. The van der Waals surface area contributed by atoms with Crippen molar-refractivity contribution in [3.05, 3.63) is 48.2 Å². The van der Waals surface area contributed by atoms with Gasteiger partial charge < -0.3 is 24.7 Å². The number of hydrogen-bond donors (Lipinski definition) is 2. The third kappa shape index (κ3) is 4.99. The first kappa shape index (κ1) is 19.2. The van der Waals surface area contributed by atoms with Gasteiger partial charge in [0.25, 0.3) is 0 Å². The molecule has 7 nitrogen and oxygen atoms in total. The van der Waals surface area contributed by atoms with E-state index in [0.717, 1.165) is 5.76 Å². The van der Waals surface area contributed by atoms with E-state index >= 15 is 0 Å². The minimum atomic E-state index is -0.396. The molecule has 1 aromatic heterocycles. The van der Waals surface area contributed by atoms with Gasteiger partial charge in [0.05, 0.1) is 31.2 Å². The largest absolute Gasteiger partial charge is 0.468 e. The van der Waals surface area contributed by atoms with Crippen molar-refractivity contribution in [2.75, 3.05) is 57.2 Å². The minimum Gasteiger partial charge on any atom is -0.468 e. The van der Waals surface area contributed by atoms with Gasteiger partial charge in [0, 0.05) is 25.3 Å². The third-order valence-electron chi connectivity index (χ3n) is 4.51. The van der Waals surface area contributed by atoms with Gasteiger partial charge in [-0.25, -0.2) is 9.18 Å². The summed E-state index contributed by atoms with van der Waals surface area (Å²) in [6.07, 6.45) is 1.60. The fraction of sp³-hybridized carbons (Fsp3) is 0.421. The summed E-state index contributed by atoms with van der Waals surface area (Å²) in [5.41, 5.74) is 0.927. The number of nitrogens with zero attached hydrogens (tertiary/aromatic N) is 2. The zero-order chi connectivity index (χ0) is 19.2. The second-order valence-corrected chi connectivity index (χ2v) is 6.60. The van der Waals surface area contributed by atoms with Gasteiger partial charge in [0.2, 0.25) is 0 Å². The predicted molar refractivity (Wildman–Crippen MR) is 102 cm³/mol.